The SMILES string of the molecule is CC(Oc1c(N)ncc2c(-c3csc(CN4CCCC4)c3)coc12)c1c(Cl)ccc(F)c1Cl. The van der Waals surface area contributed by atoms with E-state index in [2.05, 4.69) is 21.3 Å². The number of nitrogens with zero attached hydrogens (tertiary/aromatic N) is 2. The molecular weight excluding hydrogens is 484 g/mol. The summed E-state index contributed by atoms with van der Waals surface area (Å²) in [5.41, 5.74) is 8.92. The molecule has 0 saturated carbocycles. The molecule has 5 rings (SSSR count). The van der Waals surface area contributed by atoms with Crippen molar-refractivity contribution >= 4 is 51.3 Å². The normalized spacial score (nSPS) is 15.4. The summed E-state index contributed by atoms with van der Waals surface area (Å²) < 4.78 is 26.0. The van der Waals surface area contributed by atoms with Crippen LogP contribution in [0.4, 0.5) is 10.2 Å². The van der Waals surface area contributed by atoms with E-state index >= 15 is 0 Å². The summed E-state index contributed by atoms with van der Waals surface area (Å²) in [7, 11) is 0. The molecule has 0 aliphatic carbocycles. The Hall–Kier alpha value is -2.32. The number of benzene rings is 1. The Balaban J connectivity index is 1.46. The van der Waals surface area contributed by atoms with Crippen LogP contribution in [0.15, 0.2) is 40.5 Å². The van der Waals surface area contributed by atoms with Crippen LogP contribution in [0.5, 0.6) is 5.75 Å². The third-order valence-corrected chi connectivity index (χ3v) is 7.56. The molecule has 1 aliphatic rings. The van der Waals surface area contributed by atoms with Crippen LogP contribution in [0.3, 0.4) is 0 Å². The highest BCUT2D eigenvalue weighted by atomic mass is 35.5. The van der Waals surface area contributed by atoms with Gasteiger partial charge < -0.3 is 14.9 Å². The minimum Gasteiger partial charge on any atom is -0.478 e. The lowest BCUT2D eigenvalue weighted by atomic mass is 10.1. The van der Waals surface area contributed by atoms with Crippen LogP contribution in [0.1, 0.15) is 36.3 Å². The molecule has 1 atom stereocenters. The van der Waals surface area contributed by atoms with Gasteiger partial charge in [-0.1, -0.05) is 23.2 Å². The van der Waals surface area contributed by atoms with Gasteiger partial charge >= 0.3 is 0 Å². The second-order valence-corrected chi connectivity index (χ2v) is 9.95. The van der Waals surface area contributed by atoms with Crippen molar-refractivity contribution in [2.24, 2.45) is 0 Å². The standard InChI is InChI=1S/C24H22Cl2FN3O2S/c1-13(20-18(25)4-5-19(27)21(20)26)32-23-22-16(9-29-24(23)28)17(11-31-22)14-8-15(33-12-14)10-30-6-2-3-7-30/h4-5,8-9,11-13H,2-3,6-7,10H2,1H3,(H2,28,29). The quantitative estimate of drug-likeness (QED) is 0.278. The molecule has 9 heteroatoms. The first kappa shape index (κ1) is 22.5. The molecule has 1 unspecified atom stereocenters. The van der Waals surface area contributed by atoms with Crippen LogP contribution < -0.4 is 10.5 Å². The number of nitrogen functional groups attached to an aromatic ring is 1. The third kappa shape index (κ3) is 4.30. The van der Waals surface area contributed by atoms with E-state index in [1.807, 2.05) is 0 Å². The van der Waals surface area contributed by atoms with Gasteiger partial charge in [-0.15, -0.1) is 11.3 Å². The first-order valence-electron chi connectivity index (χ1n) is 10.7. The molecule has 33 heavy (non-hydrogen) atoms. The number of thiophene rings is 1. The van der Waals surface area contributed by atoms with E-state index in [1.165, 1.54) is 29.9 Å². The van der Waals surface area contributed by atoms with E-state index in [9.17, 15) is 4.39 Å². The van der Waals surface area contributed by atoms with Gasteiger partial charge in [0.25, 0.3) is 0 Å². The lowest BCUT2D eigenvalue weighted by molar-refractivity contribution is 0.227. The second kappa shape index (κ2) is 9.14. The summed E-state index contributed by atoms with van der Waals surface area (Å²) in [6.45, 7) is 5.00. The fourth-order valence-electron chi connectivity index (χ4n) is 4.23. The lowest BCUT2D eigenvalue weighted by Gasteiger charge is -2.18. The number of likely N-dealkylation sites (tertiary alicyclic amines) is 1. The summed E-state index contributed by atoms with van der Waals surface area (Å²) in [6, 6.07) is 4.86. The summed E-state index contributed by atoms with van der Waals surface area (Å²) in [5, 5.41) is 3.13. The molecule has 0 spiro atoms. The van der Waals surface area contributed by atoms with Crippen LogP contribution >= 0.6 is 34.5 Å². The van der Waals surface area contributed by atoms with Crippen LogP contribution in [-0.2, 0) is 6.54 Å². The molecule has 1 saturated heterocycles. The first-order valence-corrected chi connectivity index (χ1v) is 12.3. The Labute approximate surface area is 204 Å². The Morgan fingerprint density at radius 3 is 2.88 bits per heavy atom. The van der Waals surface area contributed by atoms with Crippen molar-refractivity contribution in [3.63, 3.8) is 0 Å². The van der Waals surface area contributed by atoms with Crippen LogP contribution in [-0.4, -0.2) is 23.0 Å². The predicted molar refractivity (Wildman–Crippen MR) is 132 cm³/mol. The summed E-state index contributed by atoms with van der Waals surface area (Å²) in [5.74, 6) is -0.132. The molecule has 5 nitrogen and oxygen atoms in total. The van der Waals surface area contributed by atoms with Gasteiger partial charge in [-0.2, -0.15) is 0 Å². The number of ether oxygens (including phenoxy) is 1. The van der Waals surface area contributed by atoms with Crippen molar-refractivity contribution in [2.75, 3.05) is 18.8 Å². The van der Waals surface area contributed by atoms with Gasteiger partial charge in [0.2, 0.25) is 5.75 Å². The van der Waals surface area contributed by atoms with Crippen molar-refractivity contribution in [3.05, 3.63) is 62.3 Å². The molecule has 4 heterocycles. The summed E-state index contributed by atoms with van der Waals surface area (Å²) in [6.07, 6.45) is 5.22. The molecule has 2 N–H and O–H groups in total. The number of halogens is 3. The topological polar surface area (TPSA) is 64.5 Å². The number of anilines is 1. The number of aromatic nitrogens is 1. The number of nitrogens with two attached hydrogens (primary N) is 1. The zero-order valence-corrected chi connectivity index (χ0v) is 20.2. The van der Waals surface area contributed by atoms with E-state index in [0.29, 0.717) is 16.2 Å². The largest absolute Gasteiger partial charge is 0.478 e. The third-order valence-electron chi connectivity index (χ3n) is 5.92. The first-order chi connectivity index (χ1) is 15.9. The fourth-order valence-corrected chi connectivity index (χ4v) is 5.84. The molecule has 0 amide bonds. The maximum Gasteiger partial charge on any atom is 0.205 e. The van der Waals surface area contributed by atoms with E-state index in [1.54, 1.807) is 30.7 Å². The average Bonchev–Trinajstić information content (AvgIpc) is 3.54. The van der Waals surface area contributed by atoms with Crippen molar-refractivity contribution in [1.29, 1.82) is 0 Å². The van der Waals surface area contributed by atoms with Gasteiger partial charge in [0.1, 0.15) is 11.9 Å². The van der Waals surface area contributed by atoms with Crippen molar-refractivity contribution in [3.8, 4) is 16.9 Å². The smallest absolute Gasteiger partial charge is 0.205 e. The highest BCUT2D eigenvalue weighted by Gasteiger charge is 2.23. The van der Waals surface area contributed by atoms with Gasteiger partial charge in [-0.25, -0.2) is 9.37 Å². The van der Waals surface area contributed by atoms with Crippen LogP contribution in [0.25, 0.3) is 22.1 Å². The van der Waals surface area contributed by atoms with E-state index in [4.69, 9.17) is 38.1 Å². The van der Waals surface area contributed by atoms with Crippen molar-refractivity contribution < 1.29 is 13.5 Å². The Morgan fingerprint density at radius 1 is 1.30 bits per heavy atom. The fraction of sp³-hybridized carbons (Fsp3) is 0.292. The monoisotopic (exact) mass is 505 g/mol. The highest BCUT2D eigenvalue weighted by molar-refractivity contribution is 7.10. The van der Waals surface area contributed by atoms with Crippen LogP contribution in [0.2, 0.25) is 10.0 Å². The van der Waals surface area contributed by atoms with Crippen LogP contribution in [0, 0.1) is 5.82 Å². The van der Waals surface area contributed by atoms with E-state index in [0.717, 1.165) is 36.1 Å². The number of fused-ring (bicyclic) bond motifs is 1. The highest BCUT2D eigenvalue weighted by Crippen LogP contribution is 2.42. The van der Waals surface area contributed by atoms with Gasteiger partial charge in [0, 0.05) is 33.8 Å². The Bertz CT molecular complexity index is 1320. The number of rotatable bonds is 6. The van der Waals surface area contributed by atoms with E-state index < -0.39 is 11.9 Å². The van der Waals surface area contributed by atoms with Crippen molar-refractivity contribution in [2.45, 2.75) is 32.4 Å². The minimum atomic E-state index is -0.683. The molecule has 0 bridgehead atoms. The number of pyridine rings is 1. The second-order valence-electron chi connectivity index (χ2n) is 8.17. The molecule has 4 aromatic rings. The molecule has 172 valence electrons. The van der Waals surface area contributed by atoms with Gasteiger partial charge in [0.05, 0.1) is 16.7 Å². The summed E-state index contributed by atoms with van der Waals surface area (Å²) in [4.78, 5) is 8.10. The van der Waals surface area contributed by atoms with Gasteiger partial charge in [-0.3, -0.25) is 4.90 Å². The van der Waals surface area contributed by atoms with Gasteiger partial charge in [0.15, 0.2) is 11.4 Å². The zero-order chi connectivity index (χ0) is 23.1. The zero-order valence-electron chi connectivity index (χ0n) is 17.9. The predicted octanol–water partition coefficient (Wildman–Crippen LogP) is 7.32. The molecule has 1 aliphatic heterocycles. The number of hydrogen-bond acceptors (Lipinski definition) is 6. The molecule has 0 radical (unpaired) electrons. The lowest BCUT2D eigenvalue weighted by Crippen LogP contribution is -2.17. The van der Waals surface area contributed by atoms with Gasteiger partial charge in [-0.05, 0) is 62.0 Å². The number of hydrogen-bond donors (Lipinski definition) is 1. The maximum absolute atomic E-state index is 14.0. The molecular formula is C24H22Cl2FN3O2S. The summed E-state index contributed by atoms with van der Waals surface area (Å²) >= 11 is 14.2. The van der Waals surface area contributed by atoms with Crippen molar-refractivity contribution in [1.82, 2.24) is 9.88 Å². The molecule has 1 fully saturated rings. The number of furan rings is 1. The maximum atomic E-state index is 14.0. The molecule has 1 aromatic carbocycles. The average molecular weight is 506 g/mol. The minimum absolute atomic E-state index is 0.0855. The molecule has 3 aromatic heterocycles. The van der Waals surface area contributed by atoms with E-state index in [-0.39, 0.29) is 16.6 Å². The Morgan fingerprint density at radius 2 is 2.09 bits per heavy atom. The Kier molecular flexibility index (Phi) is 6.22.